The minimum absolute atomic E-state index is 0.330. The number of rotatable bonds is 2. The number of primary amides is 1. The fraction of sp³-hybridized carbons (Fsp3) is 0.364. The van der Waals surface area contributed by atoms with Crippen molar-refractivity contribution in [1.29, 1.82) is 0 Å². The van der Waals surface area contributed by atoms with Crippen molar-refractivity contribution in [2.24, 2.45) is 5.73 Å². The van der Waals surface area contributed by atoms with Crippen LogP contribution in [0.4, 0.5) is 0 Å². The number of aryl methyl sites for hydroxylation is 2. The van der Waals surface area contributed by atoms with Crippen LogP contribution in [0.5, 0.6) is 0 Å². The highest BCUT2D eigenvalue weighted by molar-refractivity contribution is 5.94. The van der Waals surface area contributed by atoms with Crippen molar-refractivity contribution >= 4 is 5.91 Å². The predicted molar refractivity (Wildman–Crippen MR) is 53.8 cm³/mol. The first-order chi connectivity index (χ1) is 6.06. The molecule has 0 bridgehead atoms. The highest BCUT2D eigenvalue weighted by atomic mass is 16.1. The molecule has 1 aromatic carbocycles. The second-order valence-corrected chi connectivity index (χ2v) is 3.33. The van der Waals surface area contributed by atoms with Gasteiger partial charge in [-0.3, -0.25) is 4.79 Å². The van der Waals surface area contributed by atoms with Crippen LogP contribution in [0, 0.1) is 13.8 Å². The largest absolute Gasteiger partial charge is 0.366 e. The van der Waals surface area contributed by atoms with E-state index in [0.717, 1.165) is 23.1 Å². The van der Waals surface area contributed by atoms with Crippen molar-refractivity contribution < 1.29 is 4.79 Å². The van der Waals surface area contributed by atoms with E-state index in [9.17, 15) is 4.79 Å². The maximum absolute atomic E-state index is 11.1. The Morgan fingerprint density at radius 1 is 1.38 bits per heavy atom. The molecule has 2 heteroatoms. The Bertz CT molecular complexity index is 342. The number of carbonyl (C=O) groups is 1. The molecule has 1 rings (SSSR count). The van der Waals surface area contributed by atoms with E-state index in [1.807, 2.05) is 26.8 Å². The SMILES string of the molecule is CCc1c(C)cc(C)cc1C(N)=O. The molecule has 0 spiro atoms. The van der Waals surface area contributed by atoms with Crippen LogP contribution in [-0.2, 0) is 6.42 Å². The summed E-state index contributed by atoms with van der Waals surface area (Å²) in [5, 5.41) is 0. The summed E-state index contributed by atoms with van der Waals surface area (Å²) >= 11 is 0. The predicted octanol–water partition coefficient (Wildman–Crippen LogP) is 1.96. The second kappa shape index (κ2) is 3.60. The lowest BCUT2D eigenvalue weighted by molar-refractivity contribution is 0.0999. The van der Waals surface area contributed by atoms with Crippen LogP contribution in [0.3, 0.4) is 0 Å². The van der Waals surface area contributed by atoms with Crippen LogP contribution in [0.2, 0.25) is 0 Å². The van der Waals surface area contributed by atoms with Crippen LogP contribution in [0.15, 0.2) is 12.1 Å². The van der Waals surface area contributed by atoms with Gasteiger partial charge >= 0.3 is 0 Å². The lowest BCUT2D eigenvalue weighted by Gasteiger charge is -2.09. The van der Waals surface area contributed by atoms with Gasteiger partial charge in [-0.25, -0.2) is 0 Å². The normalized spacial score (nSPS) is 10.1. The van der Waals surface area contributed by atoms with Crippen LogP contribution in [0.1, 0.15) is 34.0 Å². The summed E-state index contributed by atoms with van der Waals surface area (Å²) in [6.07, 6.45) is 0.852. The molecule has 0 radical (unpaired) electrons. The third-order valence-corrected chi connectivity index (χ3v) is 2.24. The summed E-state index contributed by atoms with van der Waals surface area (Å²) in [6, 6.07) is 3.93. The van der Waals surface area contributed by atoms with Gasteiger partial charge < -0.3 is 5.73 Å². The van der Waals surface area contributed by atoms with Crippen molar-refractivity contribution in [1.82, 2.24) is 0 Å². The van der Waals surface area contributed by atoms with Gasteiger partial charge in [-0.15, -0.1) is 0 Å². The standard InChI is InChI=1S/C11H15NO/c1-4-9-8(3)5-7(2)6-10(9)11(12)13/h5-6H,4H2,1-3H3,(H2,12,13). The molecule has 0 aliphatic heterocycles. The van der Waals surface area contributed by atoms with Gasteiger partial charge in [0, 0.05) is 5.56 Å². The first-order valence-corrected chi connectivity index (χ1v) is 4.46. The van der Waals surface area contributed by atoms with Crippen LogP contribution in [0.25, 0.3) is 0 Å². The lowest BCUT2D eigenvalue weighted by atomic mass is 9.97. The number of carbonyl (C=O) groups excluding carboxylic acids is 1. The van der Waals surface area contributed by atoms with E-state index >= 15 is 0 Å². The zero-order chi connectivity index (χ0) is 10.0. The fourth-order valence-electron chi connectivity index (χ4n) is 1.69. The summed E-state index contributed by atoms with van der Waals surface area (Å²) in [7, 11) is 0. The number of amides is 1. The molecular formula is C11H15NO. The number of nitrogens with two attached hydrogens (primary N) is 1. The molecule has 0 saturated carbocycles. The van der Waals surface area contributed by atoms with E-state index in [1.165, 1.54) is 0 Å². The molecule has 0 fully saturated rings. The van der Waals surface area contributed by atoms with E-state index in [4.69, 9.17) is 5.73 Å². The van der Waals surface area contributed by atoms with E-state index in [2.05, 4.69) is 6.07 Å². The summed E-state index contributed by atoms with van der Waals surface area (Å²) in [4.78, 5) is 11.1. The molecule has 1 amide bonds. The summed E-state index contributed by atoms with van der Waals surface area (Å²) in [5.41, 5.74) is 9.26. The first-order valence-electron chi connectivity index (χ1n) is 4.46. The molecule has 2 nitrogen and oxygen atoms in total. The quantitative estimate of drug-likeness (QED) is 0.737. The molecule has 70 valence electrons. The van der Waals surface area contributed by atoms with Gasteiger partial charge in [0.1, 0.15) is 0 Å². The van der Waals surface area contributed by atoms with E-state index in [0.29, 0.717) is 5.56 Å². The zero-order valence-corrected chi connectivity index (χ0v) is 8.35. The van der Waals surface area contributed by atoms with Crippen LogP contribution < -0.4 is 5.73 Å². The van der Waals surface area contributed by atoms with Gasteiger partial charge in [0.05, 0.1) is 0 Å². The van der Waals surface area contributed by atoms with Gasteiger partial charge in [0.25, 0.3) is 0 Å². The smallest absolute Gasteiger partial charge is 0.248 e. The van der Waals surface area contributed by atoms with Gasteiger partial charge in [0.15, 0.2) is 0 Å². The van der Waals surface area contributed by atoms with Gasteiger partial charge in [-0.2, -0.15) is 0 Å². The monoisotopic (exact) mass is 177 g/mol. The topological polar surface area (TPSA) is 43.1 Å². The van der Waals surface area contributed by atoms with E-state index < -0.39 is 0 Å². The maximum Gasteiger partial charge on any atom is 0.248 e. The molecule has 0 aliphatic carbocycles. The molecule has 0 saturated heterocycles. The minimum atomic E-state index is -0.330. The average molecular weight is 177 g/mol. The fourth-order valence-corrected chi connectivity index (χ4v) is 1.69. The minimum Gasteiger partial charge on any atom is -0.366 e. The molecule has 0 unspecified atom stereocenters. The Kier molecular flexibility index (Phi) is 2.71. The molecule has 0 atom stereocenters. The van der Waals surface area contributed by atoms with Crippen molar-refractivity contribution in [2.75, 3.05) is 0 Å². The van der Waals surface area contributed by atoms with Crippen molar-refractivity contribution in [3.8, 4) is 0 Å². The lowest BCUT2D eigenvalue weighted by Crippen LogP contribution is -2.14. The number of hydrogen-bond donors (Lipinski definition) is 1. The van der Waals surface area contributed by atoms with E-state index in [1.54, 1.807) is 0 Å². The van der Waals surface area contributed by atoms with Gasteiger partial charge in [0.2, 0.25) is 5.91 Å². The number of hydrogen-bond acceptors (Lipinski definition) is 1. The Morgan fingerprint density at radius 3 is 2.46 bits per heavy atom. The Labute approximate surface area is 78.8 Å². The Hall–Kier alpha value is -1.31. The molecule has 2 N–H and O–H groups in total. The second-order valence-electron chi connectivity index (χ2n) is 3.33. The summed E-state index contributed by atoms with van der Waals surface area (Å²) in [6.45, 7) is 6.02. The maximum atomic E-state index is 11.1. The van der Waals surface area contributed by atoms with Crippen molar-refractivity contribution in [3.05, 3.63) is 34.4 Å². The van der Waals surface area contributed by atoms with Gasteiger partial charge in [-0.1, -0.05) is 18.6 Å². The number of benzene rings is 1. The van der Waals surface area contributed by atoms with Gasteiger partial charge in [-0.05, 0) is 37.5 Å². The molecule has 1 aromatic rings. The Morgan fingerprint density at radius 2 is 2.00 bits per heavy atom. The first kappa shape index (κ1) is 9.78. The third kappa shape index (κ3) is 1.89. The Balaban J connectivity index is 3.38. The van der Waals surface area contributed by atoms with E-state index in [-0.39, 0.29) is 5.91 Å². The van der Waals surface area contributed by atoms with Crippen molar-refractivity contribution in [2.45, 2.75) is 27.2 Å². The molecule has 13 heavy (non-hydrogen) atoms. The molecule has 0 aliphatic rings. The molecular weight excluding hydrogens is 162 g/mol. The summed E-state index contributed by atoms with van der Waals surface area (Å²) < 4.78 is 0. The highest BCUT2D eigenvalue weighted by Crippen LogP contribution is 2.17. The summed E-state index contributed by atoms with van der Waals surface area (Å²) in [5.74, 6) is -0.330. The van der Waals surface area contributed by atoms with Crippen LogP contribution in [-0.4, -0.2) is 5.91 Å². The zero-order valence-electron chi connectivity index (χ0n) is 8.35. The molecule has 0 aromatic heterocycles. The average Bonchev–Trinajstić information content (AvgIpc) is 2.02. The third-order valence-electron chi connectivity index (χ3n) is 2.24. The molecule has 0 heterocycles. The van der Waals surface area contributed by atoms with Crippen molar-refractivity contribution in [3.63, 3.8) is 0 Å². The van der Waals surface area contributed by atoms with Crippen LogP contribution >= 0.6 is 0 Å². The highest BCUT2D eigenvalue weighted by Gasteiger charge is 2.09.